The molecule has 19 heavy (non-hydrogen) atoms. The first-order valence-corrected chi connectivity index (χ1v) is 7.66. The minimum Gasteiger partial charge on any atom is -0.298 e. The zero-order chi connectivity index (χ0) is 14.0. The van der Waals surface area contributed by atoms with E-state index < -0.39 is 0 Å². The lowest BCUT2D eigenvalue weighted by molar-refractivity contribution is 0.102. The van der Waals surface area contributed by atoms with Crippen LogP contribution in [0.1, 0.15) is 33.4 Å². The highest BCUT2D eigenvalue weighted by Crippen LogP contribution is 2.23. The summed E-state index contributed by atoms with van der Waals surface area (Å²) in [5.74, 6) is -0.128. The number of hydrogen-bond acceptors (Lipinski definition) is 3. The van der Waals surface area contributed by atoms with E-state index >= 15 is 0 Å². The van der Waals surface area contributed by atoms with E-state index in [1.54, 1.807) is 0 Å². The molecule has 1 aromatic heterocycles. The van der Waals surface area contributed by atoms with Crippen molar-refractivity contribution in [2.75, 3.05) is 5.32 Å². The number of aromatic nitrogens is 1. The number of thiazole rings is 1. The number of nitrogens with one attached hydrogen (secondary N) is 1. The molecule has 0 aliphatic carbocycles. The first-order valence-electron chi connectivity index (χ1n) is 6.05. The van der Waals surface area contributed by atoms with Crippen LogP contribution in [0, 0.1) is 13.8 Å². The van der Waals surface area contributed by atoms with E-state index in [1.165, 1.54) is 11.3 Å². The number of halogens is 1. The minimum absolute atomic E-state index is 0.128. The molecule has 3 nitrogen and oxygen atoms in total. The zero-order valence-corrected chi connectivity index (χ0v) is 13.5. The van der Waals surface area contributed by atoms with Gasteiger partial charge < -0.3 is 0 Å². The van der Waals surface area contributed by atoms with Crippen LogP contribution < -0.4 is 5.32 Å². The molecule has 1 aromatic carbocycles. The van der Waals surface area contributed by atoms with Crippen molar-refractivity contribution in [3.05, 3.63) is 44.4 Å². The van der Waals surface area contributed by atoms with Crippen molar-refractivity contribution in [1.29, 1.82) is 0 Å². The van der Waals surface area contributed by atoms with Gasteiger partial charge in [0.1, 0.15) is 0 Å². The van der Waals surface area contributed by atoms with Crippen molar-refractivity contribution in [3.8, 4) is 0 Å². The number of rotatable bonds is 3. The minimum atomic E-state index is -0.128. The third-order valence-corrected chi connectivity index (χ3v) is 4.66. The molecule has 0 aliphatic heterocycles. The highest BCUT2D eigenvalue weighted by Gasteiger charge is 2.11. The molecule has 0 atom stereocenters. The Morgan fingerprint density at radius 2 is 2.16 bits per heavy atom. The fraction of sp³-hybridized carbons (Fsp3) is 0.286. The molecule has 2 rings (SSSR count). The van der Waals surface area contributed by atoms with Gasteiger partial charge in [-0.25, -0.2) is 4.98 Å². The predicted octanol–water partition coefficient (Wildman–Crippen LogP) is 4.34. The number of benzene rings is 1. The fourth-order valence-corrected chi connectivity index (χ4v) is 2.99. The van der Waals surface area contributed by atoms with E-state index in [0.29, 0.717) is 10.7 Å². The van der Waals surface area contributed by atoms with Gasteiger partial charge in [0, 0.05) is 14.9 Å². The maximum absolute atomic E-state index is 12.1. The first-order chi connectivity index (χ1) is 9.01. The van der Waals surface area contributed by atoms with Gasteiger partial charge in [-0.1, -0.05) is 28.9 Å². The Kier molecular flexibility index (Phi) is 4.37. The normalized spacial score (nSPS) is 10.5. The molecule has 1 heterocycles. The number of hydrogen-bond donors (Lipinski definition) is 1. The van der Waals surface area contributed by atoms with Crippen LogP contribution in [0.5, 0.6) is 0 Å². The molecule has 5 heteroatoms. The van der Waals surface area contributed by atoms with Crippen LogP contribution in [0.2, 0.25) is 0 Å². The van der Waals surface area contributed by atoms with E-state index in [-0.39, 0.29) is 5.91 Å². The molecule has 2 aromatic rings. The third-order valence-electron chi connectivity index (χ3n) is 2.88. The van der Waals surface area contributed by atoms with E-state index in [4.69, 9.17) is 0 Å². The van der Waals surface area contributed by atoms with Crippen molar-refractivity contribution in [3.63, 3.8) is 0 Å². The predicted molar refractivity (Wildman–Crippen MR) is 83.1 cm³/mol. The third kappa shape index (κ3) is 3.22. The molecule has 0 spiro atoms. The second-order valence-corrected chi connectivity index (χ2v) is 6.35. The molecule has 0 fully saturated rings. The van der Waals surface area contributed by atoms with Gasteiger partial charge in [0.05, 0.1) is 5.69 Å². The number of nitrogens with zero attached hydrogens (tertiary/aromatic N) is 1. The maximum Gasteiger partial charge on any atom is 0.257 e. The standard InChI is InChI=1S/C14H15BrN2OS/c1-4-12-9(3)19-14(16-12)17-13(18)10-6-5-8(2)11(15)7-10/h5-7H,4H2,1-3H3,(H,16,17,18). The molecule has 1 N–H and O–H groups in total. The summed E-state index contributed by atoms with van der Waals surface area (Å²) in [5.41, 5.74) is 2.78. The quantitative estimate of drug-likeness (QED) is 0.904. The van der Waals surface area contributed by atoms with Crippen LogP contribution in [0.25, 0.3) is 0 Å². The average Bonchev–Trinajstić information content (AvgIpc) is 2.72. The van der Waals surface area contributed by atoms with Crippen molar-refractivity contribution in [2.45, 2.75) is 27.2 Å². The van der Waals surface area contributed by atoms with E-state index in [1.807, 2.05) is 32.0 Å². The number of carbonyl (C=O) groups is 1. The molecular formula is C14H15BrN2OS. The Morgan fingerprint density at radius 3 is 2.74 bits per heavy atom. The molecule has 100 valence electrons. The smallest absolute Gasteiger partial charge is 0.257 e. The lowest BCUT2D eigenvalue weighted by Gasteiger charge is -2.04. The second kappa shape index (κ2) is 5.84. The van der Waals surface area contributed by atoms with Gasteiger partial charge in [0.25, 0.3) is 5.91 Å². The molecular weight excluding hydrogens is 324 g/mol. The Labute approximate surface area is 125 Å². The Bertz CT molecular complexity index is 622. The number of carbonyl (C=O) groups excluding carboxylic acids is 1. The molecule has 0 saturated carbocycles. The topological polar surface area (TPSA) is 42.0 Å². The summed E-state index contributed by atoms with van der Waals surface area (Å²) < 4.78 is 0.935. The highest BCUT2D eigenvalue weighted by molar-refractivity contribution is 9.10. The Balaban J connectivity index is 2.18. The molecule has 0 radical (unpaired) electrons. The van der Waals surface area contributed by atoms with Crippen LogP contribution in [0.3, 0.4) is 0 Å². The molecule has 0 bridgehead atoms. The summed E-state index contributed by atoms with van der Waals surface area (Å²) in [6, 6.07) is 5.56. The molecule has 1 amide bonds. The number of aryl methyl sites for hydroxylation is 3. The highest BCUT2D eigenvalue weighted by atomic mass is 79.9. The Morgan fingerprint density at radius 1 is 1.42 bits per heavy atom. The zero-order valence-electron chi connectivity index (χ0n) is 11.1. The van der Waals surface area contributed by atoms with Crippen LogP contribution in [0.4, 0.5) is 5.13 Å². The average molecular weight is 339 g/mol. The lowest BCUT2D eigenvalue weighted by Crippen LogP contribution is -2.11. The van der Waals surface area contributed by atoms with Gasteiger partial charge in [-0.15, -0.1) is 11.3 Å². The monoisotopic (exact) mass is 338 g/mol. The number of anilines is 1. The van der Waals surface area contributed by atoms with E-state index in [2.05, 4.69) is 33.2 Å². The molecule has 0 unspecified atom stereocenters. The molecule has 0 saturated heterocycles. The second-order valence-electron chi connectivity index (χ2n) is 4.29. The SMILES string of the molecule is CCc1nc(NC(=O)c2ccc(C)c(Br)c2)sc1C. The summed E-state index contributed by atoms with van der Waals surface area (Å²) in [4.78, 5) is 17.7. The first kappa shape index (κ1) is 14.2. The van der Waals surface area contributed by atoms with Gasteiger partial charge in [0.15, 0.2) is 5.13 Å². The van der Waals surface area contributed by atoms with Crippen LogP contribution in [-0.2, 0) is 6.42 Å². The van der Waals surface area contributed by atoms with Gasteiger partial charge in [-0.3, -0.25) is 10.1 Å². The van der Waals surface area contributed by atoms with Crippen LogP contribution in [-0.4, -0.2) is 10.9 Å². The summed E-state index contributed by atoms with van der Waals surface area (Å²) in [6.45, 7) is 6.07. The lowest BCUT2D eigenvalue weighted by atomic mass is 10.1. The summed E-state index contributed by atoms with van der Waals surface area (Å²) in [5, 5.41) is 3.51. The molecule has 0 aliphatic rings. The summed E-state index contributed by atoms with van der Waals surface area (Å²) >= 11 is 4.95. The van der Waals surface area contributed by atoms with Crippen LogP contribution >= 0.6 is 27.3 Å². The van der Waals surface area contributed by atoms with Gasteiger partial charge in [0.2, 0.25) is 0 Å². The van der Waals surface area contributed by atoms with Crippen molar-refractivity contribution in [1.82, 2.24) is 4.98 Å². The van der Waals surface area contributed by atoms with Gasteiger partial charge in [-0.05, 0) is 38.0 Å². The van der Waals surface area contributed by atoms with Crippen LogP contribution in [0.15, 0.2) is 22.7 Å². The van der Waals surface area contributed by atoms with E-state index in [0.717, 1.165) is 27.0 Å². The summed E-state index contributed by atoms with van der Waals surface area (Å²) in [6.07, 6.45) is 0.883. The summed E-state index contributed by atoms with van der Waals surface area (Å²) in [7, 11) is 0. The number of amides is 1. The van der Waals surface area contributed by atoms with Crippen molar-refractivity contribution in [2.24, 2.45) is 0 Å². The largest absolute Gasteiger partial charge is 0.298 e. The Hall–Kier alpha value is -1.20. The van der Waals surface area contributed by atoms with Gasteiger partial charge >= 0.3 is 0 Å². The van der Waals surface area contributed by atoms with Crippen molar-refractivity contribution >= 4 is 38.3 Å². The van der Waals surface area contributed by atoms with Gasteiger partial charge in [-0.2, -0.15) is 0 Å². The van der Waals surface area contributed by atoms with E-state index in [9.17, 15) is 4.79 Å². The maximum atomic E-state index is 12.1. The van der Waals surface area contributed by atoms with Crippen molar-refractivity contribution < 1.29 is 4.79 Å². The fourth-order valence-electron chi connectivity index (χ4n) is 1.71.